The molecule has 0 radical (unpaired) electrons. The fraction of sp³-hybridized carbons (Fsp3) is 0.634. The molecule has 5 unspecified atom stereocenters. The van der Waals surface area contributed by atoms with Crippen LogP contribution in [0.1, 0.15) is 90.1 Å². The number of rotatable bonds is 17. The molecule has 0 spiro atoms. The molecule has 4 N–H and O–H groups in total. The van der Waals surface area contributed by atoms with Crippen molar-refractivity contribution < 1.29 is 29.0 Å². The number of hydrogen-bond acceptors (Lipinski definition) is 8. The van der Waals surface area contributed by atoms with E-state index in [4.69, 9.17) is 4.74 Å². The lowest BCUT2D eigenvalue weighted by molar-refractivity contribution is -0.133. The molecular formula is C41H63N7O6. The van der Waals surface area contributed by atoms with Gasteiger partial charge in [0.2, 0.25) is 5.91 Å². The van der Waals surface area contributed by atoms with Gasteiger partial charge in [0.25, 0.3) is 5.91 Å². The first kappa shape index (κ1) is 42.5. The standard InChI is InChI=1S/C41H63N7O6/c1-8-28(2)35(48-23-22-46(40(48)53)26-32-21-15-16-29(3)42-32)37(50)43-33(24-30-17-11-9-12-18-30)34(49)27-47(25-31-19-13-10-14-20-31)45-38(51)36(41(4,5)6)44-39(52)54-7/h9,11-12,15-18,21,28,31,33-36,49H,8,10,13-14,19-20,22-27H2,1-7H3,(H,43,50)(H,44,52)(H,45,51). The number of nitrogens with one attached hydrogen (secondary N) is 3. The van der Waals surface area contributed by atoms with Crippen LogP contribution in [0.4, 0.5) is 9.59 Å². The van der Waals surface area contributed by atoms with E-state index in [0.29, 0.717) is 44.9 Å². The van der Waals surface area contributed by atoms with Gasteiger partial charge in [0.1, 0.15) is 12.1 Å². The van der Waals surface area contributed by atoms with Crippen LogP contribution in [0, 0.1) is 24.2 Å². The molecule has 5 atom stereocenters. The highest BCUT2D eigenvalue weighted by Gasteiger charge is 2.41. The number of nitrogens with zero attached hydrogens (tertiary/aromatic N) is 4. The van der Waals surface area contributed by atoms with Crippen molar-refractivity contribution in [3.05, 3.63) is 65.5 Å². The van der Waals surface area contributed by atoms with Crippen LogP contribution in [-0.2, 0) is 27.3 Å². The zero-order valence-electron chi connectivity index (χ0n) is 33.3. The molecule has 2 fully saturated rings. The molecule has 54 heavy (non-hydrogen) atoms. The summed E-state index contributed by atoms with van der Waals surface area (Å²) in [7, 11) is 1.25. The second kappa shape index (κ2) is 19.9. The third-order valence-corrected chi connectivity index (χ3v) is 10.8. The highest BCUT2D eigenvalue weighted by molar-refractivity contribution is 5.88. The highest BCUT2D eigenvalue weighted by Crippen LogP contribution is 2.26. The number of aromatic nitrogens is 1. The number of ether oxygens (including phenoxy) is 1. The van der Waals surface area contributed by atoms with Crippen LogP contribution < -0.4 is 16.1 Å². The summed E-state index contributed by atoms with van der Waals surface area (Å²) in [5.74, 6) is -0.594. The van der Waals surface area contributed by atoms with Gasteiger partial charge in [-0.3, -0.25) is 20.0 Å². The van der Waals surface area contributed by atoms with Crippen LogP contribution in [-0.4, -0.2) is 106 Å². The Bertz CT molecular complexity index is 1530. The molecule has 1 aliphatic carbocycles. The van der Waals surface area contributed by atoms with Crippen LogP contribution >= 0.6 is 0 Å². The quantitative estimate of drug-likeness (QED) is 0.168. The van der Waals surface area contributed by atoms with E-state index in [-0.39, 0.29) is 24.4 Å². The summed E-state index contributed by atoms with van der Waals surface area (Å²) in [6, 6.07) is 12.8. The van der Waals surface area contributed by atoms with Gasteiger partial charge in [-0.05, 0) is 61.1 Å². The summed E-state index contributed by atoms with van der Waals surface area (Å²) in [6.45, 7) is 13.2. The van der Waals surface area contributed by atoms with E-state index in [1.54, 1.807) is 14.8 Å². The zero-order chi connectivity index (χ0) is 39.4. The molecule has 4 rings (SSSR count). The van der Waals surface area contributed by atoms with Gasteiger partial charge in [0.05, 0.1) is 31.5 Å². The van der Waals surface area contributed by atoms with E-state index in [1.807, 2.05) is 90.1 Å². The predicted molar refractivity (Wildman–Crippen MR) is 208 cm³/mol. The van der Waals surface area contributed by atoms with Crippen LogP contribution in [0.2, 0.25) is 0 Å². The average molecular weight is 750 g/mol. The number of aliphatic hydroxyl groups is 1. The molecule has 13 nitrogen and oxygen atoms in total. The minimum absolute atomic E-state index is 0.0308. The molecule has 13 heteroatoms. The van der Waals surface area contributed by atoms with Gasteiger partial charge in [0.15, 0.2) is 0 Å². The zero-order valence-corrected chi connectivity index (χ0v) is 33.3. The number of aliphatic hydroxyl groups excluding tert-OH is 1. The molecule has 1 aromatic heterocycles. The number of hydrazine groups is 1. The largest absolute Gasteiger partial charge is 0.453 e. The summed E-state index contributed by atoms with van der Waals surface area (Å²) in [6.07, 6.45) is 4.57. The topological polar surface area (TPSA) is 156 Å². The number of amides is 5. The van der Waals surface area contributed by atoms with E-state index in [0.717, 1.165) is 42.6 Å². The summed E-state index contributed by atoms with van der Waals surface area (Å²) >= 11 is 0. The van der Waals surface area contributed by atoms with E-state index < -0.39 is 41.6 Å². The fourth-order valence-corrected chi connectivity index (χ4v) is 7.51. The van der Waals surface area contributed by atoms with Crippen LogP contribution in [0.3, 0.4) is 0 Å². The lowest BCUT2D eigenvalue weighted by Gasteiger charge is -2.37. The van der Waals surface area contributed by atoms with Crippen LogP contribution in [0.25, 0.3) is 0 Å². The lowest BCUT2D eigenvalue weighted by Crippen LogP contribution is -2.61. The average Bonchev–Trinajstić information content (AvgIpc) is 3.48. The van der Waals surface area contributed by atoms with Gasteiger partial charge in [-0.1, -0.05) is 96.7 Å². The predicted octanol–water partition coefficient (Wildman–Crippen LogP) is 4.81. The van der Waals surface area contributed by atoms with E-state index in [2.05, 4.69) is 21.0 Å². The summed E-state index contributed by atoms with van der Waals surface area (Å²) in [5, 5.41) is 19.6. The number of hydrogen-bond donors (Lipinski definition) is 4. The number of urea groups is 1. The van der Waals surface area contributed by atoms with E-state index in [1.165, 1.54) is 13.5 Å². The summed E-state index contributed by atoms with van der Waals surface area (Å²) in [4.78, 5) is 62.3. The van der Waals surface area contributed by atoms with E-state index >= 15 is 0 Å². The first-order valence-corrected chi connectivity index (χ1v) is 19.6. The Morgan fingerprint density at radius 3 is 2.33 bits per heavy atom. The number of alkyl carbamates (subject to hydrolysis) is 1. The van der Waals surface area contributed by atoms with Crippen molar-refractivity contribution in [2.45, 2.75) is 117 Å². The van der Waals surface area contributed by atoms with Gasteiger partial charge in [-0.15, -0.1) is 0 Å². The number of benzene rings is 1. The Labute approximate surface area is 321 Å². The van der Waals surface area contributed by atoms with Crippen LogP contribution in [0.15, 0.2) is 48.5 Å². The Morgan fingerprint density at radius 1 is 1.00 bits per heavy atom. The van der Waals surface area contributed by atoms with Gasteiger partial charge in [-0.25, -0.2) is 14.6 Å². The smallest absolute Gasteiger partial charge is 0.407 e. The Morgan fingerprint density at radius 2 is 1.70 bits per heavy atom. The Balaban J connectivity index is 1.57. The molecule has 1 saturated carbocycles. The molecule has 1 aliphatic heterocycles. The molecule has 5 amide bonds. The molecule has 0 bridgehead atoms. The maximum Gasteiger partial charge on any atom is 0.407 e. The first-order valence-electron chi connectivity index (χ1n) is 19.6. The highest BCUT2D eigenvalue weighted by atomic mass is 16.5. The van der Waals surface area contributed by atoms with E-state index in [9.17, 15) is 24.3 Å². The minimum atomic E-state index is -1.10. The first-order chi connectivity index (χ1) is 25.7. The molecular weight excluding hydrogens is 686 g/mol. The van der Waals surface area contributed by atoms with Crippen molar-refractivity contribution in [2.24, 2.45) is 17.3 Å². The van der Waals surface area contributed by atoms with Gasteiger partial charge >= 0.3 is 12.1 Å². The molecule has 1 aromatic carbocycles. The third-order valence-electron chi connectivity index (χ3n) is 10.8. The van der Waals surface area contributed by atoms with Crippen molar-refractivity contribution in [3.63, 3.8) is 0 Å². The molecule has 2 heterocycles. The molecule has 298 valence electrons. The SMILES string of the molecule is CCC(C)C(C(=O)NC(Cc1ccccc1)C(O)CN(CC1CCCCC1)NC(=O)C(NC(=O)OC)C(C)(C)C)N1CCN(Cc2cccc(C)n2)C1=O. The molecule has 2 aromatic rings. The maximum absolute atomic E-state index is 14.4. The number of methoxy groups -OCH3 is 1. The third kappa shape index (κ3) is 12.1. The van der Waals surface area contributed by atoms with Crippen molar-refractivity contribution in [1.82, 2.24) is 35.9 Å². The summed E-state index contributed by atoms with van der Waals surface area (Å²) < 4.78 is 4.81. The fourth-order valence-electron chi connectivity index (χ4n) is 7.51. The summed E-state index contributed by atoms with van der Waals surface area (Å²) in [5.41, 5.74) is 4.97. The maximum atomic E-state index is 14.4. The number of carbonyl (C=O) groups excluding carboxylic acids is 4. The monoisotopic (exact) mass is 749 g/mol. The minimum Gasteiger partial charge on any atom is -0.453 e. The van der Waals surface area contributed by atoms with Gasteiger partial charge < -0.3 is 30.3 Å². The van der Waals surface area contributed by atoms with Crippen molar-refractivity contribution >= 4 is 23.9 Å². The van der Waals surface area contributed by atoms with Gasteiger partial charge in [0, 0.05) is 31.9 Å². The molecule has 1 saturated heterocycles. The van der Waals surface area contributed by atoms with Gasteiger partial charge in [-0.2, -0.15) is 0 Å². The lowest BCUT2D eigenvalue weighted by atomic mass is 9.86. The second-order valence-corrected chi connectivity index (χ2v) is 16.2. The van der Waals surface area contributed by atoms with Crippen molar-refractivity contribution in [3.8, 4) is 0 Å². The number of carbonyl (C=O) groups is 4. The van der Waals surface area contributed by atoms with Crippen molar-refractivity contribution in [1.29, 1.82) is 0 Å². The Kier molecular flexibility index (Phi) is 15.7. The second-order valence-electron chi connectivity index (χ2n) is 16.2. The number of pyridine rings is 1. The molecule has 2 aliphatic rings. The number of aryl methyl sites for hydroxylation is 1. The van der Waals surface area contributed by atoms with Crippen molar-refractivity contribution in [2.75, 3.05) is 33.3 Å². The normalized spacial score (nSPS) is 18.1. The Hall–Kier alpha value is -4.23. The van der Waals surface area contributed by atoms with Crippen LogP contribution in [0.5, 0.6) is 0 Å².